The van der Waals surface area contributed by atoms with Crippen molar-refractivity contribution in [3.63, 3.8) is 0 Å². The average Bonchev–Trinajstić information content (AvgIpc) is 2.30. The van der Waals surface area contributed by atoms with E-state index < -0.39 is 0 Å². The maximum absolute atomic E-state index is 13.0. The monoisotopic (exact) mass is 213 g/mol. The Labute approximate surface area is 95.7 Å². The minimum atomic E-state index is -0.216. The van der Waals surface area contributed by atoms with Gasteiger partial charge in [-0.05, 0) is 41.3 Å². The van der Waals surface area contributed by atoms with Gasteiger partial charge in [0.25, 0.3) is 0 Å². The van der Waals surface area contributed by atoms with E-state index in [9.17, 15) is 4.39 Å². The Balaban J connectivity index is 2.27. The van der Waals surface area contributed by atoms with Gasteiger partial charge in [-0.2, -0.15) is 0 Å². The van der Waals surface area contributed by atoms with Gasteiger partial charge in [-0.1, -0.05) is 43.7 Å². The molecule has 0 aliphatic carbocycles. The first-order valence-electron chi connectivity index (χ1n) is 5.56. The van der Waals surface area contributed by atoms with E-state index in [2.05, 4.69) is 25.1 Å². The highest BCUT2D eigenvalue weighted by molar-refractivity contribution is 5.62. The van der Waals surface area contributed by atoms with Crippen LogP contribution in [0.15, 0.2) is 42.5 Å². The van der Waals surface area contributed by atoms with Crippen LogP contribution in [0.1, 0.15) is 18.9 Å². The maximum Gasteiger partial charge on any atom is 0.123 e. The third-order valence-corrected chi connectivity index (χ3v) is 2.57. The third-order valence-electron chi connectivity index (χ3n) is 2.57. The zero-order valence-corrected chi connectivity index (χ0v) is 9.33. The van der Waals surface area contributed by atoms with E-state index in [1.807, 2.05) is 12.1 Å². The molecule has 0 nitrogen and oxygen atoms in total. The lowest BCUT2D eigenvalue weighted by atomic mass is 10.0. The van der Waals surface area contributed by atoms with Crippen molar-refractivity contribution in [1.82, 2.24) is 0 Å². The second kappa shape index (κ2) is 4.93. The van der Waals surface area contributed by atoms with Gasteiger partial charge in [0.15, 0.2) is 0 Å². The van der Waals surface area contributed by atoms with Crippen LogP contribution in [0.4, 0.5) is 4.39 Å². The molecule has 0 saturated carbocycles. The number of hydrogen-bond acceptors (Lipinski definition) is 0. The Morgan fingerprint density at radius 3 is 2.50 bits per heavy atom. The molecule has 0 aliphatic heterocycles. The highest BCUT2D eigenvalue weighted by Crippen LogP contribution is 2.20. The zero-order chi connectivity index (χ0) is 11.4. The van der Waals surface area contributed by atoms with Crippen molar-refractivity contribution in [3.8, 4) is 11.1 Å². The Morgan fingerprint density at radius 1 is 1.12 bits per heavy atom. The number of rotatable bonds is 3. The fourth-order valence-corrected chi connectivity index (χ4v) is 1.75. The summed E-state index contributed by atoms with van der Waals surface area (Å²) in [6.07, 6.45) is 2.23. The van der Waals surface area contributed by atoms with Crippen LogP contribution in [0.5, 0.6) is 0 Å². The minimum Gasteiger partial charge on any atom is -0.207 e. The lowest BCUT2D eigenvalue weighted by Crippen LogP contribution is -1.84. The summed E-state index contributed by atoms with van der Waals surface area (Å²) < 4.78 is 13.0. The third kappa shape index (κ3) is 2.48. The van der Waals surface area contributed by atoms with Gasteiger partial charge in [0, 0.05) is 0 Å². The van der Waals surface area contributed by atoms with Gasteiger partial charge in [-0.25, -0.2) is 4.39 Å². The number of halogens is 1. The quantitative estimate of drug-likeness (QED) is 0.715. The molecule has 16 heavy (non-hydrogen) atoms. The van der Waals surface area contributed by atoms with Gasteiger partial charge in [-0.3, -0.25) is 0 Å². The van der Waals surface area contributed by atoms with E-state index in [0.29, 0.717) is 0 Å². The van der Waals surface area contributed by atoms with Crippen molar-refractivity contribution >= 4 is 0 Å². The summed E-state index contributed by atoms with van der Waals surface area (Å²) in [6.45, 7) is 2.16. The van der Waals surface area contributed by atoms with Crippen molar-refractivity contribution in [2.75, 3.05) is 0 Å². The molecule has 1 heteroatoms. The molecule has 0 unspecified atom stereocenters. The lowest BCUT2D eigenvalue weighted by molar-refractivity contribution is 0.628. The standard InChI is InChI=1S/C15H14F/c1-2-4-12-7-9-13(10-8-12)14-5-3-6-15(16)11-14/h3,6-11H,2,4H2,1H3. The van der Waals surface area contributed by atoms with Gasteiger partial charge in [0.05, 0.1) is 0 Å². The first-order valence-corrected chi connectivity index (χ1v) is 5.56. The molecule has 0 fully saturated rings. The molecule has 2 aromatic carbocycles. The van der Waals surface area contributed by atoms with E-state index in [1.165, 1.54) is 17.7 Å². The lowest BCUT2D eigenvalue weighted by Gasteiger charge is -2.03. The Kier molecular flexibility index (Phi) is 3.35. The van der Waals surface area contributed by atoms with Crippen LogP contribution in [0, 0.1) is 11.9 Å². The van der Waals surface area contributed by atoms with Crippen LogP contribution in [0.2, 0.25) is 0 Å². The van der Waals surface area contributed by atoms with Crippen molar-refractivity contribution < 1.29 is 4.39 Å². The molecule has 0 amide bonds. The highest BCUT2D eigenvalue weighted by Gasteiger charge is 1.99. The molecule has 0 heterocycles. The fraction of sp³-hybridized carbons (Fsp3) is 0.200. The molecule has 0 saturated heterocycles. The smallest absolute Gasteiger partial charge is 0.123 e. The van der Waals surface area contributed by atoms with Gasteiger partial charge in [-0.15, -0.1) is 0 Å². The van der Waals surface area contributed by atoms with Crippen LogP contribution in [0.3, 0.4) is 0 Å². The molecule has 0 spiro atoms. The summed E-state index contributed by atoms with van der Waals surface area (Å²) in [5, 5.41) is 0. The molecule has 0 N–H and O–H groups in total. The molecule has 81 valence electrons. The summed E-state index contributed by atoms with van der Waals surface area (Å²) in [7, 11) is 0. The minimum absolute atomic E-state index is 0.216. The van der Waals surface area contributed by atoms with Crippen LogP contribution >= 0.6 is 0 Å². The van der Waals surface area contributed by atoms with E-state index in [0.717, 1.165) is 24.0 Å². The largest absolute Gasteiger partial charge is 0.207 e. The van der Waals surface area contributed by atoms with Crippen LogP contribution < -0.4 is 0 Å². The molecule has 0 atom stereocenters. The summed E-state index contributed by atoms with van der Waals surface area (Å²) in [5.74, 6) is -0.216. The zero-order valence-electron chi connectivity index (χ0n) is 9.33. The molecule has 0 aliphatic rings. The fourth-order valence-electron chi connectivity index (χ4n) is 1.75. The molecule has 0 aromatic heterocycles. The average molecular weight is 213 g/mol. The first-order chi connectivity index (χ1) is 7.79. The number of hydrogen-bond donors (Lipinski definition) is 0. The van der Waals surface area contributed by atoms with Crippen LogP contribution in [-0.2, 0) is 6.42 Å². The number of aryl methyl sites for hydroxylation is 1. The predicted molar refractivity (Wildman–Crippen MR) is 64.7 cm³/mol. The summed E-state index contributed by atoms with van der Waals surface area (Å²) in [6, 6.07) is 15.8. The van der Waals surface area contributed by atoms with Gasteiger partial charge in [0.2, 0.25) is 0 Å². The molecule has 2 rings (SSSR count). The topological polar surface area (TPSA) is 0 Å². The van der Waals surface area contributed by atoms with Crippen LogP contribution in [0.25, 0.3) is 11.1 Å². The van der Waals surface area contributed by atoms with E-state index in [1.54, 1.807) is 6.07 Å². The van der Waals surface area contributed by atoms with Crippen molar-refractivity contribution in [2.24, 2.45) is 0 Å². The molecule has 1 radical (unpaired) electrons. The Bertz CT molecular complexity index is 457. The van der Waals surface area contributed by atoms with Gasteiger partial charge in [0.1, 0.15) is 5.82 Å². The first kappa shape index (κ1) is 10.9. The Hall–Kier alpha value is -1.63. The van der Waals surface area contributed by atoms with E-state index >= 15 is 0 Å². The SMILES string of the molecule is CCCc1ccc(-c2[c]ccc(F)c2)cc1. The molecule has 0 bridgehead atoms. The van der Waals surface area contributed by atoms with E-state index in [-0.39, 0.29) is 5.82 Å². The molecule has 2 aromatic rings. The maximum atomic E-state index is 13.0. The van der Waals surface area contributed by atoms with Crippen molar-refractivity contribution in [3.05, 3.63) is 59.9 Å². The Morgan fingerprint density at radius 2 is 1.88 bits per heavy atom. The molecular formula is C15H14F. The summed E-state index contributed by atoms with van der Waals surface area (Å²) >= 11 is 0. The van der Waals surface area contributed by atoms with Gasteiger partial charge >= 0.3 is 0 Å². The normalized spacial score (nSPS) is 10.4. The predicted octanol–water partition coefficient (Wildman–Crippen LogP) is 4.25. The second-order valence-corrected chi connectivity index (χ2v) is 3.87. The van der Waals surface area contributed by atoms with Crippen LogP contribution in [-0.4, -0.2) is 0 Å². The van der Waals surface area contributed by atoms with Gasteiger partial charge < -0.3 is 0 Å². The van der Waals surface area contributed by atoms with E-state index in [4.69, 9.17) is 0 Å². The summed E-state index contributed by atoms with van der Waals surface area (Å²) in [4.78, 5) is 0. The highest BCUT2D eigenvalue weighted by atomic mass is 19.1. The summed E-state index contributed by atoms with van der Waals surface area (Å²) in [5.41, 5.74) is 3.14. The second-order valence-electron chi connectivity index (χ2n) is 3.87. The number of benzene rings is 2. The van der Waals surface area contributed by atoms with Crippen molar-refractivity contribution in [1.29, 1.82) is 0 Å². The van der Waals surface area contributed by atoms with Crippen molar-refractivity contribution in [2.45, 2.75) is 19.8 Å². The molecular weight excluding hydrogens is 199 g/mol.